The zero-order valence-corrected chi connectivity index (χ0v) is 7.38. The van der Waals surface area contributed by atoms with Crippen LogP contribution in [0.15, 0.2) is 22.1 Å². The second-order valence-electron chi connectivity index (χ2n) is 2.16. The number of nitrogens with zero attached hydrogens (tertiary/aromatic N) is 2. The molecule has 14 heavy (non-hydrogen) atoms. The molecule has 0 saturated heterocycles. The Labute approximate surface area is 82.7 Å². The molecule has 70 valence electrons. The van der Waals surface area contributed by atoms with Crippen LogP contribution in [0.1, 0.15) is 0 Å². The molecule has 0 atom stereocenters. The van der Waals surface area contributed by atoms with Gasteiger partial charge in [-0.3, -0.25) is 0 Å². The Morgan fingerprint density at radius 2 is 1.57 bits per heavy atom. The van der Waals surface area contributed by atoms with Crippen molar-refractivity contribution in [3.63, 3.8) is 0 Å². The largest absolute Gasteiger partial charge is 0.240 e. The van der Waals surface area contributed by atoms with Crippen molar-refractivity contribution in [2.24, 2.45) is 9.98 Å². The Kier molecular flexibility index (Phi) is 3.26. The van der Waals surface area contributed by atoms with Gasteiger partial charge in [0, 0.05) is 5.02 Å². The Bertz CT molecular complexity index is 423. The molecule has 0 unspecified atom stereocenters. The molecule has 0 fully saturated rings. The topological polar surface area (TPSA) is 58.9 Å². The van der Waals surface area contributed by atoms with Gasteiger partial charge in [-0.15, -0.1) is 0 Å². The van der Waals surface area contributed by atoms with Gasteiger partial charge in [-0.25, -0.2) is 14.0 Å². The summed E-state index contributed by atoms with van der Waals surface area (Å²) in [6.07, 6.45) is 2.32. The Morgan fingerprint density at radius 3 is 1.93 bits per heavy atom. The van der Waals surface area contributed by atoms with Crippen molar-refractivity contribution in [1.82, 2.24) is 0 Å². The van der Waals surface area contributed by atoms with E-state index in [4.69, 9.17) is 11.6 Å². The zero-order chi connectivity index (χ0) is 10.6. The van der Waals surface area contributed by atoms with Crippen LogP contribution in [-0.4, -0.2) is 12.2 Å². The normalized spacial score (nSPS) is 8.71. The molecule has 0 radical (unpaired) electrons. The van der Waals surface area contributed by atoms with Gasteiger partial charge in [0.05, 0.1) is 0 Å². The van der Waals surface area contributed by atoms with Crippen LogP contribution >= 0.6 is 11.6 Å². The minimum Gasteiger partial charge on any atom is -0.211 e. The third kappa shape index (κ3) is 2.12. The van der Waals surface area contributed by atoms with E-state index >= 15 is 0 Å². The van der Waals surface area contributed by atoms with Gasteiger partial charge >= 0.3 is 0 Å². The summed E-state index contributed by atoms with van der Waals surface area (Å²) in [7, 11) is 0. The third-order valence-electron chi connectivity index (χ3n) is 1.33. The molecule has 6 heteroatoms. The lowest BCUT2D eigenvalue weighted by atomic mass is 10.2. The van der Waals surface area contributed by atoms with Crippen LogP contribution in [0.25, 0.3) is 0 Å². The molecule has 4 nitrogen and oxygen atoms in total. The summed E-state index contributed by atoms with van der Waals surface area (Å²) in [4.78, 5) is 25.9. The standard InChI is InChI=1S/C8H2ClFN2O2/c9-5-1-6(11-3-13)8(10)7(2-5)12-4-14/h1-2H. The number of rotatable bonds is 2. The highest BCUT2D eigenvalue weighted by molar-refractivity contribution is 6.31. The fraction of sp³-hybridized carbons (Fsp3) is 0. The highest BCUT2D eigenvalue weighted by atomic mass is 35.5. The third-order valence-corrected chi connectivity index (χ3v) is 1.55. The first-order valence-corrected chi connectivity index (χ1v) is 3.71. The Balaban J connectivity index is 3.45. The number of hydrogen-bond donors (Lipinski definition) is 0. The fourth-order valence-electron chi connectivity index (χ4n) is 0.822. The minimum absolute atomic E-state index is 0.106. The zero-order valence-electron chi connectivity index (χ0n) is 6.62. The summed E-state index contributed by atoms with van der Waals surface area (Å²) in [5.74, 6) is -0.916. The smallest absolute Gasteiger partial charge is 0.211 e. The molecular formula is C8H2ClFN2O2. The van der Waals surface area contributed by atoms with E-state index in [0.717, 1.165) is 24.3 Å². The van der Waals surface area contributed by atoms with E-state index in [-0.39, 0.29) is 16.4 Å². The van der Waals surface area contributed by atoms with Gasteiger partial charge in [0.1, 0.15) is 11.4 Å². The average Bonchev–Trinajstić information content (AvgIpc) is 2.14. The molecule has 0 heterocycles. The van der Waals surface area contributed by atoms with Gasteiger partial charge in [-0.1, -0.05) is 11.6 Å². The van der Waals surface area contributed by atoms with E-state index in [0.29, 0.717) is 0 Å². The van der Waals surface area contributed by atoms with E-state index in [1.54, 1.807) is 0 Å². The number of carbonyl (C=O) groups excluding carboxylic acids is 2. The number of aliphatic imine (C=N–C) groups is 2. The minimum atomic E-state index is -0.916. The summed E-state index contributed by atoms with van der Waals surface area (Å²) in [5, 5.41) is 0.106. The second kappa shape index (κ2) is 4.44. The summed E-state index contributed by atoms with van der Waals surface area (Å²) in [6, 6.07) is 2.23. The van der Waals surface area contributed by atoms with Crippen LogP contribution in [0.4, 0.5) is 15.8 Å². The predicted molar refractivity (Wildman–Crippen MR) is 47.0 cm³/mol. The SMILES string of the molecule is O=C=Nc1cc(Cl)cc(N=C=O)c1F. The Hall–Kier alpha value is -1.80. The number of isocyanates is 2. The van der Waals surface area contributed by atoms with Gasteiger partial charge in [0.2, 0.25) is 12.2 Å². The van der Waals surface area contributed by atoms with Crippen LogP contribution < -0.4 is 0 Å². The lowest BCUT2D eigenvalue weighted by Gasteiger charge is -1.98. The van der Waals surface area contributed by atoms with Crippen LogP contribution in [0.5, 0.6) is 0 Å². The maximum atomic E-state index is 13.2. The van der Waals surface area contributed by atoms with Gasteiger partial charge < -0.3 is 0 Å². The van der Waals surface area contributed by atoms with Gasteiger partial charge in [0.25, 0.3) is 0 Å². The molecule has 1 aromatic rings. The number of halogens is 2. The van der Waals surface area contributed by atoms with E-state index < -0.39 is 5.82 Å². The maximum Gasteiger partial charge on any atom is 0.240 e. The van der Waals surface area contributed by atoms with Crippen molar-refractivity contribution in [3.8, 4) is 0 Å². The van der Waals surface area contributed by atoms with Crippen LogP contribution in [0.2, 0.25) is 5.02 Å². The molecule has 0 spiro atoms. The van der Waals surface area contributed by atoms with Gasteiger partial charge in [-0.2, -0.15) is 9.98 Å². The molecule has 0 N–H and O–H groups in total. The van der Waals surface area contributed by atoms with Crippen molar-refractivity contribution in [2.75, 3.05) is 0 Å². The van der Waals surface area contributed by atoms with E-state index in [1.165, 1.54) is 0 Å². The quantitative estimate of drug-likeness (QED) is 0.558. The van der Waals surface area contributed by atoms with Crippen molar-refractivity contribution >= 4 is 35.1 Å². The van der Waals surface area contributed by atoms with Gasteiger partial charge in [-0.05, 0) is 12.1 Å². The lowest BCUT2D eigenvalue weighted by molar-refractivity contribution is 0.564. The van der Waals surface area contributed by atoms with E-state index in [9.17, 15) is 14.0 Å². The summed E-state index contributed by atoms with van der Waals surface area (Å²) in [6.45, 7) is 0. The predicted octanol–water partition coefficient (Wildman–Crippen LogP) is 2.41. The molecule has 0 amide bonds. The summed E-state index contributed by atoms with van der Waals surface area (Å²) in [5.41, 5.74) is -0.636. The first-order valence-electron chi connectivity index (χ1n) is 3.34. The van der Waals surface area contributed by atoms with Crippen molar-refractivity contribution in [1.29, 1.82) is 0 Å². The van der Waals surface area contributed by atoms with Crippen LogP contribution in [0, 0.1) is 5.82 Å². The fourth-order valence-corrected chi connectivity index (χ4v) is 1.03. The molecular weight excluding hydrogens is 211 g/mol. The summed E-state index contributed by atoms with van der Waals surface area (Å²) >= 11 is 5.55. The molecule has 0 bridgehead atoms. The van der Waals surface area contributed by atoms with E-state index in [1.807, 2.05) is 0 Å². The molecule has 0 saturated carbocycles. The second-order valence-corrected chi connectivity index (χ2v) is 2.60. The Morgan fingerprint density at radius 1 is 1.14 bits per heavy atom. The van der Waals surface area contributed by atoms with Crippen molar-refractivity contribution < 1.29 is 14.0 Å². The molecule has 0 aromatic heterocycles. The molecule has 0 aliphatic carbocycles. The van der Waals surface area contributed by atoms with Gasteiger partial charge in [0.15, 0.2) is 5.82 Å². The number of hydrogen-bond acceptors (Lipinski definition) is 4. The monoisotopic (exact) mass is 212 g/mol. The van der Waals surface area contributed by atoms with Crippen LogP contribution in [0.3, 0.4) is 0 Å². The average molecular weight is 213 g/mol. The molecule has 0 aliphatic heterocycles. The first-order chi connectivity index (χ1) is 6.69. The lowest BCUT2D eigenvalue weighted by Crippen LogP contribution is -1.78. The van der Waals surface area contributed by atoms with Crippen molar-refractivity contribution in [2.45, 2.75) is 0 Å². The maximum absolute atomic E-state index is 13.2. The molecule has 0 aliphatic rings. The molecule has 1 aromatic carbocycles. The summed E-state index contributed by atoms with van der Waals surface area (Å²) < 4.78 is 13.2. The van der Waals surface area contributed by atoms with Crippen LogP contribution in [-0.2, 0) is 9.59 Å². The number of benzene rings is 1. The highest BCUT2D eigenvalue weighted by Gasteiger charge is 2.09. The van der Waals surface area contributed by atoms with E-state index in [2.05, 4.69) is 9.98 Å². The highest BCUT2D eigenvalue weighted by Crippen LogP contribution is 2.30. The molecule has 1 rings (SSSR count). The first kappa shape index (κ1) is 10.3. The van der Waals surface area contributed by atoms with Crippen molar-refractivity contribution in [3.05, 3.63) is 23.0 Å².